The molecule has 3 amide bonds. The van der Waals surface area contributed by atoms with Gasteiger partial charge in [-0.3, -0.25) is 4.79 Å². The number of halogens is 2. The van der Waals surface area contributed by atoms with E-state index in [1.807, 2.05) is 0 Å². The molecule has 174 valence electrons. The molecule has 3 rings (SSSR count). The molecule has 2 aromatic rings. The highest BCUT2D eigenvalue weighted by molar-refractivity contribution is 6.42. The number of nitrogens with zero attached hydrogens (tertiary/aromatic N) is 1. The average Bonchev–Trinajstić information content (AvgIpc) is 3.07. The van der Waals surface area contributed by atoms with Gasteiger partial charge in [0.2, 0.25) is 5.91 Å². The number of benzene rings is 1. The molecule has 4 N–H and O–H groups in total. The molecule has 1 aromatic heterocycles. The number of carbonyl (C=O) groups excluding carboxylic acids is 2. The van der Waals surface area contributed by atoms with Crippen LogP contribution in [0.25, 0.3) is 0 Å². The number of ether oxygens (including phenoxy) is 1. The maximum atomic E-state index is 12.4. The highest BCUT2D eigenvalue weighted by Gasteiger charge is 2.33. The zero-order chi connectivity index (χ0) is 23.3. The zero-order valence-electron chi connectivity index (χ0n) is 17.8. The van der Waals surface area contributed by atoms with Crippen LogP contribution < -0.4 is 16.0 Å². The monoisotopic (exact) mass is 484 g/mol. The van der Waals surface area contributed by atoms with E-state index in [-0.39, 0.29) is 25.0 Å². The van der Waals surface area contributed by atoms with Crippen molar-refractivity contribution < 1.29 is 24.0 Å². The van der Waals surface area contributed by atoms with Gasteiger partial charge in [-0.1, -0.05) is 34.4 Å². The molecule has 1 saturated heterocycles. The van der Waals surface area contributed by atoms with Crippen molar-refractivity contribution in [2.75, 3.05) is 11.9 Å². The lowest BCUT2D eigenvalue weighted by molar-refractivity contribution is -0.130. The molecule has 0 radical (unpaired) electrons. The number of rotatable bonds is 7. The molecule has 9 nitrogen and oxygen atoms in total. The zero-order valence-corrected chi connectivity index (χ0v) is 19.3. The fourth-order valence-corrected chi connectivity index (χ4v) is 3.88. The van der Waals surface area contributed by atoms with Crippen molar-refractivity contribution in [3.05, 3.63) is 45.3 Å². The molecular formula is C21H26Cl2N4O5. The van der Waals surface area contributed by atoms with Gasteiger partial charge in [-0.2, -0.15) is 0 Å². The van der Waals surface area contributed by atoms with E-state index in [4.69, 9.17) is 32.5 Å². The van der Waals surface area contributed by atoms with E-state index in [0.29, 0.717) is 46.6 Å². The summed E-state index contributed by atoms with van der Waals surface area (Å²) in [5.41, 5.74) is 1.92. The first-order valence-electron chi connectivity index (χ1n) is 10.2. The number of anilines is 1. The Labute approximate surface area is 195 Å². The Balaban J connectivity index is 1.46. The van der Waals surface area contributed by atoms with Gasteiger partial charge < -0.3 is 30.3 Å². The molecule has 11 heteroatoms. The smallest absolute Gasteiger partial charge is 0.319 e. The predicted octanol–water partition coefficient (Wildman–Crippen LogP) is 3.33. The Morgan fingerprint density at radius 2 is 2.00 bits per heavy atom. The minimum atomic E-state index is -0.618. The number of aliphatic hydroxyl groups is 1. The molecule has 0 saturated carbocycles. The second-order valence-electron chi connectivity index (χ2n) is 7.69. The van der Waals surface area contributed by atoms with Crippen LogP contribution in [-0.2, 0) is 16.1 Å². The topological polar surface area (TPSA) is 126 Å². The van der Waals surface area contributed by atoms with Crippen LogP contribution in [0.5, 0.6) is 0 Å². The number of carbonyl (C=O) groups is 2. The molecule has 0 aliphatic carbocycles. The van der Waals surface area contributed by atoms with Crippen molar-refractivity contribution in [1.82, 2.24) is 15.8 Å². The highest BCUT2D eigenvalue weighted by Crippen LogP contribution is 2.24. The molecule has 1 fully saturated rings. The maximum Gasteiger partial charge on any atom is 0.319 e. The van der Waals surface area contributed by atoms with Crippen LogP contribution in [-0.4, -0.2) is 47.1 Å². The Kier molecular flexibility index (Phi) is 8.36. The van der Waals surface area contributed by atoms with E-state index in [2.05, 4.69) is 21.1 Å². The van der Waals surface area contributed by atoms with Gasteiger partial charge in [-0.15, -0.1) is 0 Å². The van der Waals surface area contributed by atoms with Gasteiger partial charge in [0.05, 0.1) is 35.2 Å². The number of urea groups is 1. The van der Waals surface area contributed by atoms with E-state index >= 15 is 0 Å². The van der Waals surface area contributed by atoms with Crippen LogP contribution in [0.1, 0.15) is 36.3 Å². The van der Waals surface area contributed by atoms with Gasteiger partial charge in [-0.25, -0.2) is 4.79 Å². The van der Waals surface area contributed by atoms with E-state index < -0.39 is 18.2 Å². The molecule has 2 heterocycles. The fourth-order valence-electron chi connectivity index (χ4n) is 3.56. The van der Waals surface area contributed by atoms with Crippen molar-refractivity contribution in [2.45, 2.75) is 57.9 Å². The minimum Gasteiger partial charge on any atom is -0.394 e. The van der Waals surface area contributed by atoms with Crippen molar-refractivity contribution in [2.24, 2.45) is 0 Å². The first kappa shape index (κ1) is 24.3. The van der Waals surface area contributed by atoms with Crippen molar-refractivity contribution in [1.29, 1.82) is 0 Å². The summed E-state index contributed by atoms with van der Waals surface area (Å²) in [6.07, 6.45) is 0.296. The number of nitrogens with one attached hydrogen (secondary N) is 3. The Hall–Kier alpha value is -2.33. The third-order valence-corrected chi connectivity index (χ3v) is 6.01. The first-order chi connectivity index (χ1) is 15.3. The summed E-state index contributed by atoms with van der Waals surface area (Å²) in [6.45, 7) is 3.46. The molecule has 0 bridgehead atoms. The summed E-state index contributed by atoms with van der Waals surface area (Å²) in [4.78, 5) is 24.7. The van der Waals surface area contributed by atoms with Gasteiger partial charge in [0.1, 0.15) is 17.5 Å². The SMILES string of the molecule is Cc1noc(C)c1NC(=O)N[C@H]1CC[C@@H](CC(=O)NCc2ccc(Cl)c(Cl)c2)O[C@H]1CO. The summed E-state index contributed by atoms with van der Waals surface area (Å²) >= 11 is 11.9. The molecule has 3 atom stereocenters. The van der Waals surface area contributed by atoms with Crippen LogP contribution in [0, 0.1) is 13.8 Å². The third-order valence-electron chi connectivity index (χ3n) is 5.27. The lowest BCUT2D eigenvalue weighted by atomic mass is 9.97. The number of aromatic nitrogens is 1. The predicted molar refractivity (Wildman–Crippen MR) is 120 cm³/mol. The van der Waals surface area contributed by atoms with Crippen LogP contribution >= 0.6 is 23.2 Å². The van der Waals surface area contributed by atoms with Gasteiger partial charge in [0, 0.05) is 6.54 Å². The van der Waals surface area contributed by atoms with Gasteiger partial charge in [0.25, 0.3) is 0 Å². The van der Waals surface area contributed by atoms with E-state index in [1.54, 1.807) is 32.0 Å². The third kappa shape index (κ3) is 6.35. The second-order valence-corrected chi connectivity index (χ2v) is 8.50. The maximum absolute atomic E-state index is 12.4. The summed E-state index contributed by atoms with van der Waals surface area (Å²) in [6, 6.07) is 4.33. The van der Waals surface area contributed by atoms with Gasteiger partial charge >= 0.3 is 6.03 Å². The number of amides is 3. The molecule has 1 aliphatic rings. The fraction of sp³-hybridized carbons (Fsp3) is 0.476. The summed E-state index contributed by atoms with van der Waals surface area (Å²) in [5.74, 6) is 0.323. The minimum absolute atomic E-state index is 0.149. The molecule has 0 spiro atoms. The number of aliphatic hydroxyl groups excluding tert-OH is 1. The summed E-state index contributed by atoms with van der Waals surface area (Å²) in [7, 11) is 0. The van der Waals surface area contributed by atoms with Crippen molar-refractivity contribution in [3.63, 3.8) is 0 Å². The van der Waals surface area contributed by atoms with Crippen LogP contribution in [0.15, 0.2) is 22.7 Å². The van der Waals surface area contributed by atoms with Gasteiger partial charge in [0.15, 0.2) is 5.76 Å². The van der Waals surface area contributed by atoms with Crippen LogP contribution in [0.4, 0.5) is 10.5 Å². The van der Waals surface area contributed by atoms with E-state index in [0.717, 1.165) is 5.56 Å². The summed E-state index contributed by atoms with van der Waals surface area (Å²) in [5, 5.41) is 22.8. The molecule has 1 aromatic carbocycles. The molecule has 32 heavy (non-hydrogen) atoms. The first-order valence-corrected chi connectivity index (χ1v) is 11.0. The summed E-state index contributed by atoms with van der Waals surface area (Å²) < 4.78 is 10.9. The Bertz CT molecular complexity index is 948. The average molecular weight is 485 g/mol. The standard InChI is InChI=1S/C21H26Cl2N4O5/c1-11-20(12(2)32-27-11)26-21(30)25-17-6-4-14(31-18(17)10-28)8-19(29)24-9-13-3-5-15(22)16(23)7-13/h3,5,7,14,17-18,28H,4,6,8-10H2,1-2H3,(H,24,29)(H2,25,26,30)/t14-,17-,18-/m0/s1. The largest absolute Gasteiger partial charge is 0.394 e. The Morgan fingerprint density at radius 1 is 1.22 bits per heavy atom. The van der Waals surface area contributed by atoms with Crippen molar-refractivity contribution in [3.8, 4) is 0 Å². The number of aryl methyl sites for hydroxylation is 2. The Morgan fingerprint density at radius 3 is 2.66 bits per heavy atom. The van der Waals surface area contributed by atoms with Gasteiger partial charge in [-0.05, 0) is 44.4 Å². The lowest BCUT2D eigenvalue weighted by Crippen LogP contribution is -2.52. The van der Waals surface area contributed by atoms with E-state index in [9.17, 15) is 14.7 Å². The molecular weight excluding hydrogens is 459 g/mol. The van der Waals surface area contributed by atoms with Crippen LogP contribution in [0.3, 0.4) is 0 Å². The quantitative estimate of drug-likeness (QED) is 0.477. The van der Waals surface area contributed by atoms with Crippen molar-refractivity contribution >= 4 is 40.8 Å². The normalized spacial score (nSPS) is 20.6. The number of hydrogen-bond donors (Lipinski definition) is 4. The number of hydrogen-bond acceptors (Lipinski definition) is 6. The second kappa shape index (κ2) is 11.0. The molecule has 1 aliphatic heterocycles. The lowest BCUT2D eigenvalue weighted by Gasteiger charge is -2.35. The van der Waals surface area contributed by atoms with E-state index in [1.165, 1.54) is 0 Å². The highest BCUT2D eigenvalue weighted by atomic mass is 35.5. The molecule has 0 unspecified atom stereocenters. The van der Waals surface area contributed by atoms with Crippen LogP contribution in [0.2, 0.25) is 10.0 Å².